The van der Waals surface area contributed by atoms with Crippen LogP contribution in [0.1, 0.15) is 40.0 Å². The molecule has 4 amide bonds. The van der Waals surface area contributed by atoms with Crippen molar-refractivity contribution in [2.75, 3.05) is 26.7 Å². The molecule has 0 saturated carbocycles. The van der Waals surface area contributed by atoms with Crippen LogP contribution in [0.25, 0.3) is 0 Å². The van der Waals surface area contributed by atoms with E-state index in [2.05, 4.69) is 10.1 Å². The van der Waals surface area contributed by atoms with Crippen LogP contribution >= 0.6 is 0 Å². The molecule has 3 rings (SSSR count). The van der Waals surface area contributed by atoms with E-state index >= 15 is 0 Å². The second kappa shape index (κ2) is 7.55. The molecule has 0 bridgehead atoms. The van der Waals surface area contributed by atoms with Gasteiger partial charge in [0.1, 0.15) is 0 Å². The third-order valence-corrected chi connectivity index (χ3v) is 4.78. The van der Waals surface area contributed by atoms with Crippen molar-refractivity contribution in [2.45, 2.75) is 25.3 Å². The van der Waals surface area contributed by atoms with Gasteiger partial charge in [-0.25, -0.2) is 4.79 Å². The van der Waals surface area contributed by atoms with Crippen molar-refractivity contribution in [1.82, 2.24) is 15.1 Å². The smallest absolute Gasteiger partial charge is 0.407 e. The van der Waals surface area contributed by atoms with Crippen molar-refractivity contribution in [3.8, 4) is 0 Å². The van der Waals surface area contributed by atoms with E-state index in [-0.39, 0.29) is 36.7 Å². The average molecular weight is 359 g/mol. The lowest BCUT2D eigenvalue weighted by molar-refractivity contribution is -0.132. The molecule has 1 fully saturated rings. The Morgan fingerprint density at radius 2 is 1.69 bits per heavy atom. The van der Waals surface area contributed by atoms with Crippen molar-refractivity contribution in [3.05, 3.63) is 35.4 Å². The Hall–Kier alpha value is -2.90. The highest BCUT2D eigenvalue weighted by Crippen LogP contribution is 2.22. The molecule has 0 aromatic heterocycles. The predicted molar refractivity (Wildman–Crippen MR) is 91.6 cm³/mol. The van der Waals surface area contributed by atoms with E-state index in [1.54, 1.807) is 29.2 Å². The third kappa shape index (κ3) is 3.54. The lowest BCUT2D eigenvalue weighted by atomic mass is 10.0. The summed E-state index contributed by atoms with van der Waals surface area (Å²) >= 11 is 0. The number of methoxy groups -OCH3 is 1. The maximum Gasteiger partial charge on any atom is 0.407 e. The van der Waals surface area contributed by atoms with Crippen LogP contribution in [0.15, 0.2) is 24.3 Å². The van der Waals surface area contributed by atoms with Gasteiger partial charge in [0, 0.05) is 32.1 Å². The summed E-state index contributed by atoms with van der Waals surface area (Å²) in [5.41, 5.74) is 0.777. The molecule has 1 aromatic rings. The Morgan fingerprint density at radius 3 is 2.23 bits per heavy atom. The number of carbonyl (C=O) groups is 4. The minimum Gasteiger partial charge on any atom is -0.453 e. The van der Waals surface area contributed by atoms with Gasteiger partial charge in [-0.15, -0.1) is 0 Å². The summed E-state index contributed by atoms with van der Waals surface area (Å²) in [4.78, 5) is 51.0. The predicted octanol–water partition coefficient (Wildman–Crippen LogP) is 1.02. The highest BCUT2D eigenvalue weighted by molar-refractivity contribution is 6.21. The number of alkyl carbamates (subject to hydrolysis) is 1. The third-order valence-electron chi connectivity index (χ3n) is 4.78. The molecule has 0 radical (unpaired) electrons. The topological polar surface area (TPSA) is 96.0 Å². The number of nitrogens with one attached hydrogen (secondary N) is 1. The van der Waals surface area contributed by atoms with Gasteiger partial charge >= 0.3 is 6.09 Å². The summed E-state index contributed by atoms with van der Waals surface area (Å²) in [6, 6.07) is 6.66. The first kappa shape index (κ1) is 17.9. The zero-order chi connectivity index (χ0) is 18.7. The first-order chi connectivity index (χ1) is 12.5. The van der Waals surface area contributed by atoms with Gasteiger partial charge < -0.3 is 15.0 Å². The molecule has 2 heterocycles. The number of piperidine rings is 1. The number of benzene rings is 1. The van der Waals surface area contributed by atoms with Gasteiger partial charge in [0.2, 0.25) is 5.91 Å². The molecular weight excluding hydrogens is 338 g/mol. The lowest BCUT2D eigenvalue weighted by Gasteiger charge is -2.32. The van der Waals surface area contributed by atoms with E-state index in [1.165, 1.54) is 7.11 Å². The van der Waals surface area contributed by atoms with Crippen LogP contribution in [-0.2, 0) is 9.53 Å². The van der Waals surface area contributed by atoms with Gasteiger partial charge in [-0.3, -0.25) is 19.3 Å². The fourth-order valence-corrected chi connectivity index (χ4v) is 3.31. The van der Waals surface area contributed by atoms with E-state index in [1.807, 2.05) is 0 Å². The Morgan fingerprint density at radius 1 is 1.12 bits per heavy atom. The number of fused-ring (bicyclic) bond motifs is 1. The van der Waals surface area contributed by atoms with E-state index in [9.17, 15) is 19.2 Å². The zero-order valence-corrected chi connectivity index (χ0v) is 14.6. The normalized spacial score (nSPS) is 17.3. The summed E-state index contributed by atoms with van der Waals surface area (Å²) in [6.45, 7) is 1.12. The molecule has 0 unspecified atom stereocenters. The van der Waals surface area contributed by atoms with Crippen LogP contribution in [-0.4, -0.2) is 66.4 Å². The van der Waals surface area contributed by atoms with Crippen molar-refractivity contribution < 1.29 is 23.9 Å². The quantitative estimate of drug-likeness (QED) is 0.810. The number of amides is 4. The van der Waals surface area contributed by atoms with Crippen molar-refractivity contribution in [3.63, 3.8) is 0 Å². The van der Waals surface area contributed by atoms with Gasteiger partial charge in [0.15, 0.2) is 0 Å². The van der Waals surface area contributed by atoms with E-state index in [4.69, 9.17) is 0 Å². The van der Waals surface area contributed by atoms with Crippen molar-refractivity contribution in [2.24, 2.45) is 0 Å². The maximum atomic E-state index is 12.4. The number of imide groups is 1. The maximum absolute atomic E-state index is 12.4. The fourth-order valence-electron chi connectivity index (χ4n) is 3.31. The Balaban J connectivity index is 1.49. The summed E-state index contributed by atoms with van der Waals surface area (Å²) in [7, 11) is 1.31. The number of hydrogen-bond acceptors (Lipinski definition) is 5. The SMILES string of the molecule is COC(=O)NC1CCN(C(=O)CCN2C(=O)c3ccccc3C2=O)CC1. The summed E-state index contributed by atoms with van der Waals surface area (Å²) in [5, 5.41) is 2.73. The molecule has 138 valence electrons. The van der Waals surface area contributed by atoms with Crippen LogP contribution < -0.4 is 5.32 Å². The molecule has 1 N–H and O–H groups in total. The summed E-state index contributed by atoms with van der Waals surface area (Å²) in [5.74, 6) is -0.795. The fraction of sp³-hybridized carbons (Fsp3) is 0.444. The van der Waals surface area contributed by atoms with Gasteiger partial charge in [-0.2, -0.15) is 0 Å². The molecule has 2 aliphatic heterocycles. The minimum absolute atomic E-state index is 0.0114. The van der Waals surface area contributed by atoms with Crippen LogP contribution in [0.2, 0.25) is 0 Å². The molecule has 26 heavy (non-hydrogen) atoms. The standard InChI is InChI=1S/C18H21N3O5/c1-26-18(25)19-12-6-9-20(10-7-12)15(22)8-11-21-16(23)13-4-2-3-5-14(13)17(21)24/h2-5,12H,6-11H2,1H3,(H,19,25). The minimum atomic E-state index is -0.472. The van der Waals surface area contributed by atoms with Gasteiger partial charge in [0.05, 0.1) is 18.2 Å². The van der Waals surface area contributed by atoms with E-state index in [0.717, 1.165) is 4.90 Å². The Labute approximate surface area is 151 Å². The number of carbonyl (C=O) groups excluding carboxylic acids is 4. The number of hydrogen-bond donors (Lipinski definition) is 1. The first-order valence-electron chi connectivity index (χ1n) is 8.58. The summed E-state index contributed by atoms with van der Waals surface area (Å²) in [6.07, 6.45) is 0.919. The zero-order valence-electron chi connectivity index (χ0n) is 14.6. The Kier molecular flexibility index (Phi) is 5.20. The van der Waals surface area contributed by atoms with Crippen molar-refractivity contribution >= 4 is 23.8 Å². The number of nitrogens with zero attached hydrogens (tertiary/aromatic N) is 2. The average Bonchev–Trinajstić information content (AvgIpc) is 2.91. The molecule has 0 aliphatic carbocycles. The molecule has 0 atom stereocenters. The second-order valence-electron chi connectivity index (χ2n) is 6.35. The molecular formula is C18H21N3O5. The highest BCUT2D eigenvalue weighted by atomic mass is 16.5. The number of ether oxygens (including phenoxy) is 1. The molecule has 0 spiro atoms. The molecule has 8 heteroatoms. The summed E-state index contributed by atoms with van der Waals surface area (Å²) < 4.78 is 4.57. The molecule has 1 aromatic carbocycles. The van der Waals surface area contributed by atoms with Gasteiger partial charge in [0.25, 0.3) is 11.8 Å². The van der Waals surface area contributed by atoms with Crippen LogP contribution in [0.4, 0.5) is 4.79 Å². The van der Waals surface area contributed by atoms with Gasteiger partial charge in [-0.05, 0) is 25.0 Å². The van der Waals surface area contributed by atoms with Crippen LogP contribution in [0.5, 0.6) is 0 Å². The van der Waals surface area contributed by atoms with Crippen LogP contribution in [0, 0.1) is 0 Å². The van der Waals surface area contributed by atoms with Gasteiger partial charge in [-0.1, -0.05) is 12.1 Å². The van der Waals surface area contributed by atoms with E-state index in [0.29, 0.717) is 37.1 Å². The molecule has 1 saturated heterocycles. The first-order valence-corrected chi connectivity index (χ1v) is 8.58. The number of likely N-dealkylation sites (tertiary alicyclic amines) is 1. The molecule has 8 nitrogen and oxygen atoms in total. The monoisotopic (exact) mass is 359 g/mol. The molecule has 2 aliphatic rings. The Bertz CT molecular complexity index is 705. The lowest BCUT2D eigenvalue weighted by Crippen LogP contribution is -2.47. The second-order valence-corrected chi connectivity index (χ2v) is 6.35. The van der Waals surface area contributed by atoms with Crippen LogP contribution in [0.3, 0.4) is 0 Å². The van der Waals surface area contributed by atoms with Crippen molar-refractivity contribution in [1.29, 1.82) is 0 Å². The highest BCUT2D eigenvalue weighted by Gasteiger charge is 2.35. The van der Waals surface area contributed by atoms with E-state index < -0.39 is 6.09 Å². The largest absolute Gasteiger partial charge is 0.453 e. The number of rotatable bonds is 4.